The molecule has 1 aliphatic heterocycles. The zero-order chi connectivity index (χ0) is 12.5. The summed E-state index contributed by atoms with van der Waals surface area (Å²) in [5.41, 5.74) is 0.932. The average molecular weight is 233 g/mol. The lowest BCUT2D eigenvalue weighted by Gasteiger charge is -2.21. The van der Waals surface area contributed by atoms with Gasteiger partial charge in [-0.25, -0.2) is 0 Å². The highest BCUT2D eigenvalue weighted by Crippen LogP contribution is 2.34. The van der Waals surface area contributed by atoms with E-state index in [1.807, 2.05) is 13.0 Å². The van der Waals surface area contributed by atoms with Gasteiger partial charge in [-0.2, -0.15) is 0 Å². The minimum atomic E-state index is -0.991. The normalized spacial score (nSPS) is 23.5. The van der Waals surface area contributed by atoms with Gasteiger partial charge in [0.25, 0.3) is 0 Å². The van der Waals surface area contributed by atoms with Gasteiger partial charge in [-0.15, -0.1) is 0 Å². The molecule has 4 heteroatoms. The number of Topliss-reactive ketones (excluding diaryl/α,β-unsaturated/α-hetero) is 1. The number of carbonyl (C=O) groups is 2. The number of ketones is 1. The van der Waals surface area contributed by atoms with Crippen molar-refractivity contribution in [3.8, 4) is 0 Å². The molecule has 4 nitrogen and oxygen atoms in total. The molecule has 0 aliphatic carbocycles. The summed E-state index contributed by atoms with van der Waals surface area (Å²) in [6.07, 6.45) is 4.30. The molecular weight excluding hydrogens is 218 g/mol. The summed E-state index contributed by atoms with van der Waals surface area (Å²) in [6, 6.07) is 1.95. The number of rotatable bonds is 3. The van der Waals surface area contributed by atoms with E-state index in [4.69, 9.17) is 4.74 Å². The van der Waals surface area contributed by atoms with Crippen LogP contribution in [0.1, 0.15) is 24.5 Å². The molecule has 1 aliphatic rings. The lowest BCUT2D eigenvalue weighted by atomic mass is 9.77. The molecule has 1 atom stereocenters. The van der Waals surface area contributed by atoms with Crippen LogP contribution in [0, 0.1) is 12.3 Å². The average Bonchev–Trinajstić information content (AvgIpc) is 2.61. The van der Waals surface area contributed by atoms with Crippen molar-refractivity contribution in [1.82, 2.24) is 4.98 Å². The van der Waals surface area contributed by atoms with Gasteiger partial charge in [0.1, 0.15) is 11.2 Å². The Kier molecular flexibility index (Phi) is 2.96. The van der Waals surface area contributed by atoms with E-state index in [0.29, 0.717) is 19.4 Å². The number of pyridine rings is 1. The monoisotopic (exact) mass is 233 g/mol. The van der Waals surface area contributed by atoms with Gasteiger partial charge in [0.2, 0.25) is 0 Å². The topological polar surface area (TPSA) is 56.3 Å². The van der Waals surface area contributed by atoms with Crippen molar-refractivity contribution >= 4 is 11.8 Å². The lowest BCUT2D eigenvalue weighted by molar-refractivity contribution is -0.150. The molecule has 0 N–H and O–H groups in total. The second-order valence-corrected chi connectivity index (χ2v) is 4.57. The van der Waals surface area contributed by atoms with Crippen LogP contribution in [0.15, 0.2) is 18.5 Å². The van der Waals surface area contributed by atoms with Crippen LogP contribution in [0.2, 0.25) is 0 Å². The van der Waals surface area contributed by atoms with Gasteiger partial charge in [-0.1, -0.05) is 6.07 Å². The van der Waals surface area contributed by atoms with E-state index in [0.717, 1.165) is 11.1 Å². The first-order chi connectivity index (χ1) is 8.04. The number of hydrogen-bond donors (Lipinski definition) is 0. The van der Waals surface area contributed by atoms with Crippen LogP contribution in [-0.4, -0.2) is 23.3 Å². The van der Waals surface area contributed by atoms with Crippen molar-refractivity contribution < 1.29 is 14.3 Å². The van der Waals surface area contributed by atoms with Crippen molar-refractivity contribution in [2.24, 2.45) is 5.41 Å². The SMILES string of the molecule is CC(=O)C1(Cc2cncc(C)c2)CCOC1=O. The first kappa shape index (κ1) is 11.8. The molecule has 1 aromatic rings. The Morgan fingerprint density at radius 2 is 2.29 bits per heavy atom. The fourth-order valence-electron chi connectivity index (χ4n) is 2.23. The number of cyclic esters (lactones) is 1. The maximum Gasteiger partial charge on any atom is 0.320 e. The molecule has 0 amide bonds. The molecule has 17 heavy (non-hydrogen) atoms. The Labute approximate surface area is 100 Å². The number of ether oxygens (including phenoxy) is 1. The second kappa shape index (κ2) is 4.28. The van der Waals surface area contributed by atoms with Gasteiger partial charge < -0.3 is 4.74 Å². The maximum atomic E-state index is 11.8. The van der Waals surface area contributed by atoms with Crippen LogP contribution >= 0.6 is 0 Å². The molecular formula is C13H15NO3. The fourth-order valence-corrected chi connectivity index (χ4v) is 2.23. The summed E-state index contributed by atoms with van der Waals surface area (Å²) in [5.74, 6) is -0.520. The van der Waals surface area contributed by atoms with Crippen molar-refractivity contribution in [3.05, 3.63) is 29.6 Å². The van der Waals surface area contributed by atoms with E-state index >= 15 is 0 Å². The summed E-state index contributed by atoms with van der Waals surface area (Å²) < 4.78 is 4.95. The lowest BCUT2D eigenvalue weighted by Crippen LogP contribution is -2.36. The van der Waals surface area contributed by atoms with Gasteiger partial charge in [0.05, 0.1) is 6.61 Å². The predicted octanol–water partition coefficient (Wildman–Crippen LogP) is 1.45. The zero-order valence-corrected chi connectivity index (χ0v) is 10.0. The molecule has 0 radical (unpaired) electrons. The molecule has 2 rings (SSSR count). The van der Waals surface area contributed by atoms with Crippen molar-refractivity contribution in [1.29, 1.82) is 0 Å². The van der Waals surface area contributed by atoms with Gasteiger partial charge in [-0.3, -0.25) is 14.6 Å². The number of hydrogen-bond acceptors (Lipinski definition) is 4. The molecule has 0 bridgehead atoms. The van der Waals surface area contributed by atoms with E-state index in [-0.39, 0.29) is 5.78 Å². The summed E-state index contributed by atoms with van der Waals surface area (Å²) in [6.45, 7) is 3.72. The van der Waals surface area contributed by atoms with Crippen molar-refractivity contribution in [3.63, 3.8) is 0 Å². The van der Waals surface area contributed by atoms with Gasteiger partial charge in [-0.05, 0) is 31.4 Å². The molecule has 2 heterocycles. The largest absolute Gasteiger partial charge is 0.465 e. The first-order valence-corrected chi connectivity index (χ1v) is 5.63. The van der Waals surface area contributed by atoms with E-state index in [1.54, 1.807) is 12.4 Å². The predicted molar refractivity (Wildman–Crippen MR) is 61.4 cm³/mol. The number of nitrogens with zero attached hydrogens (tertiary/aromatic N) is 1. The zero-order valence-electron chi connectivity index (χ0n) is 10.0. The molecule has 90 valence electrons. The Morgan fingerprint density at radius 1 is 1.53 bits per heavy atom. The van der Waals surface area contributed by atoms with Crippen LogP contribution in [0.5, 0.6) is 0 Å². The van der Waals surface area contributed by atoms with E-state index in [2.05, 4.69) is 4.98 Å². The molecule has 0 saturated carbocycles. The summed E-state index contributed by atoms with van der Waals surface area (Å²) in [5, 5.41) is 0. The van der Waals surface area contributed by atoms with E-state index in [9.17, 15) is 9.59 Å². The highest BCUT2D eigenvalue weighted by atomic mass is 16.5. The smallest absolute Gasteiger partial charge is 0.320 e. The number of aryl methyl sites for hydroxylation is 1. The minimum absolute atomic E-state index is 0.124. The molecule has 1 aromatic heterocycles. The third kappa shape index (κ3) is 2.07. The molecule has 1 saturated heterocycles. The Morgan fingerprint density at radius 3 is 2.82 bits per heavy atom. The quantitative estimate of drug-likeness (QED) is 0.585. The second-order valence-electron chi connectivity index (χ2n) is 4.57. The number of esters is 1. The Balaban J connectivity index is 2.31. The summed E-state index contributed by atoms with van der Waals surface area (Å²) >= 11 is 0. The van der Waals surface area contributed by atoms with Crippen LogP contribution in [0.3, 0.4) is 0 Å². The standard InChI is InChI=1S/C13H15NO3/c1-9-5-11(8-14-7-9)6-13(10(2)15)3-4-17-12(13)16/h5,7-8H,3-4,6H2,1-2H3. The fraction of sp³-hybridized carbons (Fsp3) is 0.462. The van der Waals surface area contributed by atoms with Gasteiger partial charge in [0.15, 0.2) is 0 Å². The molecule has 0 aromatic carbocycles. The summed E-state index contributed by atoms with van der Waals surface area (Å²) in [4.78, 5) is 27.6. The van der Waals surface area contributed by atoms with Crippen LogP contribution < -0.4 is 0 Å². The van der Waals surface area contributed by atoms with E-state index < -0.39 is 11.4 Å². The van der Waals surface area contributed by atoms with Crippen molar-refractivity contribution in [2.45, 2.75) is 26.7 Å². The number of aromatic nitrogens is 1. The molecule has 1 unspecified atom stereocenters. The highest BCUT2D eigenvalue weighted by Gasteiger charge is 2.48. The van der Waals surface area contributed by atoms with Crippen molar-refractivity contribution in [2.75, 3.05) is 6.61 Å². The maximum absolute atomic E-state index is 11.8. The third-order valence-electron chi connectivity index (χ3n) is 3.26. The molecule has 1 fully saturated rings. The van der Waals surface area contributed by atoms with Gasteiger partial charge in [0, 0.05) is 18.8 Å². The Bertz CT molecular complexity index is 469. The first-order valence-electron chi connectivity index (χ1n) is 5.63. The van der Waals surface area contributed by atoms with Crippen LogP contribution in [0.4, 0.5) is 0 Å². The Hall–Kier alpha value is -1.71. The minimum Gasteiger partial charge on any atom is -0.465 e. The summed E-state index contributed by atoms with van der Waals surface area (Å²) in [7, 11) is 0. The highest BCUT2D eigenvalue weighted by molar-refractivity contribution is 6.04. The third-order valence-corrected chi connectivity index (χ3v) is 3.26. The van der Waals surface area contributed by atoms with Crippen LogP contribution in [0.25, 0.3) is 0 Å². The van der Waals surface area contributed by atoms with Gasteiger partial charge >= 0.3 is 5.97 Å². The molecule has 0 spiro atoms. The van der Waals surface area contributed by atoms with Crippen LogP contribution in [-0.2, 0) is 20.7 Å². The van der Waals surface area contributed by atoms with E-state index in [1.165, 1.54) is 6.92 Å². The number of carbonyl (C=O) groups excluding carboxylic acids is 2.